The highest BCUT2D eigenvalue weighted by molar-refractivity contribution is 7.51. The van der Waals surface area contributed by atoms with Crippen molar-refractivity contribution in [2.24, 2.45) is 0 Å². The Morgan fingerprint density at radius 2 is 1.89 bits per heavy atom. The second-order valence-electron chi connectivity index (χ2n) is 1.68. The second-order valence-corrected chi connectivity index (χ2v) is 3.38. The molecule has 0 saturated carbocycles. The molecule has 56 valence electrons. The van der Waals surface area contributed by atoms with Crippen LogP contribution in [0.3, 0.4) is 0 Å². The van der Waals surface area contributed by atoms with E-state index in [1.807, 2.05) is 0 Å². The Bertz CT molecular complexity index is 117. The van der Waals surface area contributed by atoms with Gasteiger partial charge in [0.05, 0.1) is 18.9 Å². The Morgan fingerprint density at radius 3 is 2.00 bits per heavy atom. The van der Waals surface area contributed by atoms with Gasteiger partial charge in [0.2, 0.25) is 0 Å². The highest BCUT2D eigenvalue weighted by Gasteiger charge is 2.18. The van der Waals surface area contributed by atoms with Crippen LogP contribution in [0.2, 0.25) is 0 Å². The molecule has 0 radical (unpaired) electrons. The molecule has 0 rings (SSSR count). The molecule has 0 saturated heterocycles. The van der Waals surface area contributed by atoms with Gasteiger partial charge in [0, 0.05) is 0 Å². The quantitative estimate of drug-likeness (QED) is 0.373. The van der Waals surface area contributed by atoms with Crippen LogP contribution in [0.25, 0.3) is 0 Å². The van der Waals surface area contributed by atoms with E-state index in [4.69, 9.17) is 20.0 Å². The van der Waals surface area contributed by atoms with Crippen molar-refractivity contribution in [3.63, 3.8) is 0 Å². The molecular weight excluding hydrogens is 147 g/mol. The SMILES string of the molecule is O=P(O)(O)C[C@H](O)CO. The molecular formula is C3H9O5P. The van der Waals surface area contributed by atoms with Crippen molar-refractivity contribution >= 4 is 7.60 Å². The fraction of sp³-hybridized carbons (Fsp3) is 1.00. The van der Waals surface area contributed by atoms with Crippen LogP contribution in [0.5, 0.6) is 0 Å². The fourth-order valence-electron chi connectivity index (χ4n) is 0.332. The predicted octanol–water partition coefficient (Wildman–Crippen LogP) is -1.48. The van der Waals surface area contributed by atoms with E-state index in [1.165, 1.54) is 0 Å². The van der Waals surface area contributed by atoms with E-state index in [0.717, 1.165) is 0 Å². The summed E-state index contributed by atoms with van der Waals surface area (Å²) in [5.74, 6) is 0. The fourth-order valence-corrected chi connectivity index (χ4v) is 0.997. The molecule has 0 bridgehead atoms. The van der Waals surface area contributed by atoms with Crippen LogP contribution in [0, 0.1) is 0 Å². The lowest BCUT2D eigenvalue weighted by molar-refractivity contribution is 0.108. The van der Waals surface area contributed by atoms with Crippen molar-refractivity contribution in [3.05, 3.63) is 0 Å². The first-order valence-electron chi connectivity index (χ1n) is 2.29. The first-order valence-corrected chi connectivity index (χ1v) is 4.09. The van der Waals surface area contributed by atoms with E-state index >= 15 is 0 Å². The van der Waals surface area contributed by atoms with Crippen molar-refractivity contribution in [2.75, 3.05) is 12.8 Å². The number of hydrogen-bond acceptors (Lipinski definition) is 3. The summed E-state index contributed by atoms with van der Waals surface area (Å²) in [5.41, 5.74) is 0. The van der Waals surface area contributed by atoms with Gasteiger partial charge in [0.15, 0.2) is 0 Å². The molecule has 0 aromatic carbocycles. The van der Waals surface area contributed by atoms with Gasteiger partial charge in [-0.3, -0.25) is 4.57 Å². The van der Waals surface area contributed by atoms with Crippen LogP contribution < -0.4 is 0 Å². The maximum Gasteiger partial charge on any atom is 0.328 e. The third-order valence-corrected chi connectivity index (χ3v) is 1.56. The van der Waals surface area contributed by atoms with E-state index < -0.39 is 26.5 Å². The molecule has 1 atom stereocenters. The summed E-state index contributed by atoms with van der Waals surface area (Å²) in [5, 5.41) is 16.6. The summed E-state index contributed by atoms with van der Waals surface area (Å²) in [6, 6.07) is 0. The number of rotatable bonds is 3. The zero-order valence-corrected chi connectivity index (χ0v) is 5.53. The zero-order valence-electron chi connectivity index (χ0n) is 4.64. The van der Waals surface area contributed by atoms with Crippen LogP contribution in [-0.2, 0) is 4.57 Å². The van der Waals surface area contributed by atoms with Crippen LogP contribution in [0.1, 0.15) is 0 Å². The van der Waals surface area contributed by atoms with Gasteiger partial charge >= 0.3 is 7.60 Å². The molecule has 0 spiro atoms. The average molecular weight is 156 g/mol. The lowest BCUT2D eigenvalue weighted by Crippen LogP contribution is -2.16. The van der Waals surface area contributed by atoms with Gasteiger partial charge in [-0.25, -0.2) is 0 Å². The average Bonchev–Trinajstić information content (AvgIpc) is 1.62. The molecule has 9 heavy (non-hydrogen) atoms. The minimum Gasteiger partial charge on any atom is -0.394 e. The van der Waals surface area contributed by atoms with E-state index in [9.17, 15) is 4.57 Å². The number of hydrogen-bond donors (Lipinski definition) is 4. The summed E-state index contributed by atoms with van der Waals surface area (Å²) in [4.78, 5) is 16.3. The first-order chi connectivity index (χ1) is 3.95. The van der Waals surface area contributed by atoms with Crippen LogP contribution in [-0.4, -0.2) is 38.9 Å². The van der Waals surface area contributed by atoms with Crippen molar-refractivity contribution in [1.82, 2.24) is 0 Å². The molecule has 0 unspecified atom stereocenters. The Hall–Kier alpha value is 0.0700. The van der Waals surface area contributed by atoms with Crippen molar-refractivity contribution in [3.8, 4) is 0 Å². The Kier molecular flexibility index (Phi) is 3.32. The minimum absolute atomic E-state index is 0.620. The maximum atomic E-state index is 10.0. The highest BCUT2D eigenvalue weighted by Crippen LogP contribution is 2.34. The molecule has 0 aliphatic rings. The third kappa shape index (κ3) is 5.95. The Morgan fingerprint density at radius 1 is 1.44 bits per heavy atom. The zero-order chi connectivity index (χ0) is 7.49. The van der Waals surface area contributed by atoms with Gasteiger partial charge in [-0.2, -0.15) is 0 Å². The maximum absolute atomic E-state index is 10.0. The number of aliphatic hydroxyl groups excluding tert-OH is 2. The smallest absolute Gasteiger partial charge is 0.328 e. The summed E-state index contributed by atoms with van der Waals surface area (Å²) in [7, 11) is -4.15. The molecule has 0 aliphatic carbocycles. The summed E-state index contributed by atoms with van der Waals surface area (Å²) >= 11 is 0. The second kappa shape index (κ2) is 3.29. The first kappa shape index (κ1) is 9.07. The normalized spacial score (nSPS) is 15.6. The monoisotopic (exact) mass is 156 g/mol. The van der Waals surface area contributed by atoms with E-state index in [0.29, 0.717) is 0 Å². The van der Waals surface area contributed by atoms with E-state index in [-0.39, 0.29) is 0 Å². The Labute approximate surface area is 52.1 Å². The van der Waals surface area contributed by atoms with E-state index in [2.05, 4.69) is 0 Å². The number of aliphatic hydroxyl groups is 2. The molecule has 4 N–H and O–H groups in total. The topological polar surface area (TPSA) is 98.0 Å². The van der Waals surface area contributed by atoms with Crippen LogP contribution >= 0.6 is 7.60 Å². The largest absolute Gasteiger partial charge is 0.394 e. The molecule has 0 heterocycles. The van der Waals surface area contributed by atoms with Crippen molar-refractivity contribution in [1.29, 1.82) is 0 Å². The predicted molar refractivity (Wildman–Crippen MR) is 30.0 cm³/mol. The molecule has 6 heteroatoms. The van der Waals surface area contributed by atoms with E-state index in [1.54, 1.807) is 0 Å². The summed E-state index contributed by atoms with van der Waals surface area (Å²) in [6.45, 7) is -0.620. The van der Waals surface area contributed by atoms with Crippen LogP contribution in [0.4, 0.5) is 0 Å². The van der Waals surface area contributed by atoms with Crippen LogP contribution in [0.15, 0.2) is 0 Å². The standard InChI is InChI=1S/C3H9O5P/c4-1-3(5)2-9(6,7)8/h3-5H,1-2H2,(H2,6,7,8)/t3-/m1/s1. The molecule has 0 amide bonds. The molecule has 0 aliphatic heterocycles. The highest BCUT2D eigenvalue weighted by atomic mass is 31.2. The van der Waals surface area contributed by atoms with Gasteiger partial charge < -0.3 is 20.0 Å². The van der Waals surface area contributed by atoms with Crippen molar-refractivity contribution < 1.29 is 24.6 Å². The lowest BCUT2D eigenvalue weighted by Gasteiger charge is -2.06. The molecule has 0 aromatic rings. The molecule has 5 nitrogen and oxygen atoms in total. The minimum atomic E-state index is -4.15. The molecule has 0 aromatic heterocycles. The van der Waals surface area contributed by atoms with Gasteiger partial charge in [-0.1, -0.05) is 0 Å². The summed E-state index contributed by atoms with van der Waals surface area (Å²) in [6.07, 6.45) is -1.99. The van der Waals surface area contributed by atoms with Gasteiger partial charge in [-0.15, -0.1) is 0 Å². The third-order valence-electron chi connectivity index (χ3n) is 0.659. The van der Waals surface area contributed by atoms with Gasteiger partial charge in [0.1, 0.15) is 0 Å². The summed E-state index contributed by atoms with van der Waals surface area (Å²) < 4.78 is 10.0. The van der Waals surface area contributed by atoms with Crippen molar-refractivity contribution in [2.45, 2.75) is 6.10 Å². The Balaban J connectivity index is 3.60. The molecule has 0 fully saturated rings. The van der Waals surface area contributed by atoms with Gasteiger partial charge in [-0.05, 0) is 0 Å². The van der Waals surface area contributed by atoms with Gasteiger partial charge in [0.25, 0.3) is 0 Å². The lowest BCUT2D eigenvalue weighted by atomic mass is 10.4.